The Kier molecular flexibility index (Phi) is 4.63. The molecule has 1 saturated heterocycles. The van der Waals surface area contributed by atoms with Crippen molar-refractivity contribution >= 4 is 32.6 Å². The van der Waals surface area contributed by atoms with Crippen LogP contribution in [-0.4, -0.2) is 51.8 Å². The summed E-state index contributed by atoms with van der Waals surface area (Å²) in [5.74, 6) is 0.0915. The molecule has 3 heterocycles. The van der Waals surface area contributed by atoms with E-state index in [1.807, 2.05) is 40.9 Å². The highest BCUT2D eigenvalue weighted by molar-refractivity contribution is 7.22. The van der Waals surface area contributed by atoms with E-state index in [9.17, 15) is 4.79 Å². The van der Waals surface area contributed by atoms with Crippen LogP contribution in [0, 0.1) is 6.92 Å². The van der Waals surface area contributed by atoms with Gasteiger partial charge in [0.1, 0.15) is 0 Å². The predicted octanol–water partition coefficient (Wildman–Crippen LogP) is 3.17. The molecule has 7 heteroatoms. The van der Waals surface area contributed by atoms with Gasteiger partial charge in [-0.15, -0.1) is 0 Å². The van der Waals surface area contributed by atoms with Crippen molar-refractivity contribution in [1.82, 2.24) is 19.7 Å². The minimum Gasteiger partial charge on any atom is -0.345 e. The third kappa shape index (κ3) is 3.19. The summed E-state index contributed by atoms with van der Waals surface area (Å²) in [6, 6.07) is 8.21. The van der Waals surface area contributed by atoms with Crippen LogP contribution in [0.15, 0.2) is 30.5 Å². The second kappa shape index (κ2) is 7.07. The molecule has 1 aliphatic rings. The number of carbonyl (C=O) groups excluding carboxylic acids is 1. The van der Waals surface area contributed by atoms with Crippen molar-refractivity contribution in [2.24, 2.45) is 0 Å². The maximum Gasteiger partial charge on any atom is 0.257 e. The number of hydrogen-bond donors (Lipinski definition) is 0. The molecule has 1 fully saturated rings. The Morgan fingerprint density at radius 2 is 1.96 bits per heavy atom. The molecule has 1 aromatic carbocycles. The van der Waals surface area contributed by atoms with Gasteiger partial charge in [0.25, 0.3) is 5.91 Å². The molecule has 0 aliphatic carbocycles. The lowest BCUT2D eigenvalue weighted by atomic mass is 10.2. The fourth-order valence-electron chi connectivity index (χ4n) is 3.34. The van der Waals surface area contributed by atoms with E-state index < -0.39 is 0 Å². The van der Waals surface area contributed by atoms with Crippen LogP contribution in [-0.2, 0) is 6.54 Å². The molecule has 0 atom stereocenters. The summed E-state index contributed by atoms with van der Waals surface area (Å²) >= 11 is 1.72. The van der Waals surface area contributed by atoms with E-state index in [4.69, 9.17) is 4.98 Å². The molecule has 1 aliphatic heterocycles. The fraction of sp³-hybridized carbons (Fsp3) is 0.421. The van der Waals surface area contributed by atoms with E-state index in [1.54, 1.807) is 11.3 Å². The SMILES string of the molecule is CCCn1cc(C(=O)N2CCN(c3nc4ccccc4s3)CC2)c(C)n1. The maximum atomic E-state index is 12.9. The lowest BCUT2D eigenvalue weighted by Crippen LogP contribution is -2.48. The van der Waals surface area contributed by atoms with Gasteiger partial charge in [0.15, 0.2) is 5.13 Å². The predicted molar refractivity (Wildman–Crippen MR) is 105 cm³/mol. The van der Waals surface area contributed by atoms with Crippen LogP contribution < -0.4 is 4.90 Å². The van der Waals surface area contributed by atoms with Crippen molar-refractivity contribution in [3.05, 3.63) is 41.7 Å². The number of aromatic nitrogens is 3. The summed E-state index contributed by atoms with van der Waals surface area (Å²) in [6.07, 6.45) is 2.90. The third-order valence-electron chi connectivity index (χ3n) is 4.75. The molecule has 0 spiro atoms. The van der Waals surface area contributed by atoms with Crippen LogP contribution in [0.1, 0.15) is 29.4 Å². The number of para-hydroxylation sites is 1. The second-order valence-electron chi connectivity index (χ2n) is 6.63. The molecule has 2 aromatic heterocycles. The fourth-order valence-corrected chi connectivity index (χ4v) is 4.36. The second-order valence-corrected chi connectivity index (χ2v) is 7.64. The smallest absolute Gasteiger partial charge is 0.257 e. The Bertz CT molecular complexity index is 890. The first-order valence-electron chi connectivity index (χ1n) is 9.09. The van der Waals surface area contributed by atoms with Gasteiger partial charge in [-0.25, -0.2) is 4.98 Å². The molecule has 0 unspecified atom stereocenters. The lowest BCUT2D eigenvalue weighted by Gasteiger charge is -2.34. The summed E-state index contributed by atoms with van der Waals surface area (Å²) in [5.41, 5.74) is 2.59. The van der Waals surface area contributed by atoms with E-state index in [-0.39, 0.29) is 5.91 Å². The number of amides is 1. The molecule has 0 N–H and O–H groups in total. The minimum absolute atomic E-state index is 0.0915. The summed E-state index contributed by atoms with van der Waals surface area (Å²) in [4.78, 5) is 21.8. The van der Waals surface area contributed by atoms with Crippen LogP contribution in [0.25, 0.3) is 10.2 Å². The molecule has 3 aromatic rings. The standard InChI is InChI=1S/C19H23N5OS/c1-3-8-24-13-15(14(2)21-24)18(25)22-9-11-23(12-10-22)19-20-16-6-4-5-7-17(16)26-19/h4-7,13H,3,8-12H2,1-2H3. The van der Waals surface area contributed by atoms with E-state index in [2.05, 4.69) is 23.0 Å². The molecule has 6 nitrogen and oxygen atoms in total. The van der Waals surface area contributed by atoms with Gasteiger partial charge in [0, 0.05) is 38.9 Å². The minimum atomic E-state index is 0.0915. The van der Waals surface area contributed by atoms with E-state index in [0.717, 1.165) is 48.0 Å². The van der Waals surface area contributed by atoms with Gasteiger partial charge < -0.3 is 9.80 Å². The molecule has 4 rings (SSSR count). The highest BCUT2D eigenvalue weighted by Crippen LogP contribution is 2.29. The first-order chi connectivity index (χ1) is 12.7. The molecule has 136 valence electrons. The van der Waals surface area contributed by atoms with Crippen LogP contribution in [0.3, 0.4) is 0 Å². The molecule has 0 bridgehead atoms. The summed E-state index contributed by atoms with van der Waals surface area (Å²) < 4.78 is 3.08. The van der Waals surface area contributed by atoms with Gasteiger partial charge in [-0.3, -0.25) is 9.48 Å². The Morgan fingerprint density at radius 3 is 2.69 bits per heavy atom. The van der Waals surface area contributed by atoms with Crippen LogP contribution in [0.4, 0.5) is 5.13 Å². The van der Waals surface area contributed by atoms with Gasteiger partial charge in [-0.05, 0) is 25.5 Å². The Morgan fingerprint density at radius 1 is 1.19 bits per heavy atom. The normalized spacial score (nSPS) is 15.0. The number of hydrogen-bond acceptors (Lipinski definition) is 5. The molecular formula is C19H23N5OS. The van der Waals surface area contributed by atoms with E-state index in [1.165, 1.54) is 4.70 Å². The number of carbonyl (C=O) groups is 1. The summed E-state index contributed by atoms with van der Waals surface area (Å²) in [5, 5.41) is 5.50. The topological polar surface area (TPSA) is 54.3 Å². The Labute approximate surface area is 157 Å². The van der Waals surface area contributed by atoms with Gasteiger partial charge >= 0.3 is 0 Å². The van der Waals surface area contributed by atoms with Crippen molar-refractivity contribution in [2.75, 3.05) is 31.1 Å². The highest BCUT2D eigenvalue weighted by atomic mass is 32.1. The van der Waals surface area contributed by atoms with Gasteiger partial charge in [0.05, 0.1) is 21.5 Å². The third-order valence-corrected chi connectivity index (χ3v) is 5.85. The number of thiazole rings is 1. The van der Waals surface area contributed by atoms with Crippen LogP contribution in [0.2, 0.25) is 0 Å². The van der Waals surface area contributed by atoms with Gasteiger partial charge in [0.2, 0.25) is 0 Å². The number of benzene rings is 1. The van der Waals surface area contributed by atoms with Crippen molar-refractivity contribution in [3.63, 3.8) is 0 Å². The first-order valence-corrected chi connectivity index (χ1v) is 9.91. The molecule has 0 saturated carbocycles. The number of nitrogens with zero attached hydrogens (tertiary/aromatic N) is 5. The number of aryl methyl sites for hydroxylation is 2. The average molecular weight is 369 g/mol. The zero-order valence-electron chi connectivity index (χ0n) is 15.2. The highest BCUT2D eigenvalue weighted by Gasteiger charge is 2.26. The first kappa shape index (κ1) is 17.0. The van der Waals surface area contributed by atoms with Crippen molar-refractivity contribution < 1.29 is 4.79 Å². The van der Waals surface area contributed by atoms with Crippen molar-refractivity contribution in [2.45, 2.75) is 26.8 Å². The summed E-state index contributed by atoms with van der Waals surface area (Å²) in [6.45, 7) is 7.93. The molecule has 0 radical (unpaired) electrons. The number of anilines is 1. The van der Waals surface area contributed by atoms with E-state index in [0.29, 0.717) is 13.1 Å². The number of rotatable bonds is 4. The van der Waals surface area contributed by atoms with Crippen molar-refractivity contribution in [3.8, 4) is 0 Å². The zero-order chi connectivity index (χ0) is 18.1. The zero-order valence-corrected chi connectivity index (χ0v) is 16.0. The summed E-state index contributed by atoms with van der Waals surface area (Å²) in [7, 11) is 0. The Hall–Kier alpha value is -2.41. The van der Waals surface area contributed by atoms with Gasteiger partial charge in [-0.2, -0.15) is 5.10 Å². The largest absolute Gasteiger partial charge is 0.345 e. The maximum absolute atomic E-state index is 12.9. The number of fused-ring (bicyclic) bond motifs is 1. The van der Waals surface area contributed by atoms with Crippen LogP contribution >= 0.6 is 11.3 Å². The number of piperazine rings is 1. The van der Waals surface area contributed by atoms with Crippen LogP contribution in [0.5, 0.6) is 0 Å². The Balaban J connectivity index is 1.43. The quantitative estimate of drug-likeness (QED) is 0.709. The molecular weight excluding hydrogens is 346 g/mol. The van der Waals surface area contributed by atoms with Gasteiger partial charge in [-0.1, -0.05) is 30.4 Å². The van der Waals surface area contributed by atoms with E-state index >= 15 is 0 Å². The average Bonchev–Trinajstić information content (AvgIpc) is 3.25. The molecule has 1 amide bonds. The molecule has 26 heavy (non-hydrogen) atoms. The lowest BCUT2D eigenvalue weighted by molar-refractivity contribution is 0.0746. The van der Waals surface area contributed by atoms with Crippen molar-refractivity contribution in [1.29, 1.82) is 0 Å². The monoisotopic (exact) mass is 369 g/mol.